The number of ether oxygens (including phenoxy) is 1. The molecule has 1 nitrogen and oxygen atoms in total. The zero-order chi connectivity index (χ0) is 22.2. The quantitative estimate of drug-likeness (QED) is 0.266. The molecule has 0 aliphatic carbocycles. The molecule has 1 unspecified atom stereocenters. The Bertz CT molecular complexity index is 836. The van der Waals surface area contributed by atoms with E-state index in [4.69, 9.17) is 4.74 Å². The highest BCUT2D eigenvalue weighted by molar-refractivity contribution is 9.11. The van der Waals surface area contributed by atoms with Gasteiger partial charge in [-0.2, -0.15) is 0 Å². The molecule has 3 aromatic carbocycles. The summed E-state index contributed by atoms with van der Waals surface area (Å²) in [4.78, 5) is 1.94. The minimum Gasteiger partial charge on any atom is -0.353 e. The van der Waals surface area contributed by atoms with Crippen LogP contribution in [0.25, 0.3) is 0 Å². The van der Waals surface area contributed by atoms with Gasteiger partial charge in [0.25, 0.3) is 0 Å². The lowest BCUT2D eigenvalue weighted by atomic mass is 9.78. The van der Waals surface area contributed by atoms with E-state index in [0.717, 1.165) is 29.5 Å². The van der Waals surface area contributed by atoms with Crippen molar-refractivity contribution in [3.63, 3.8) is 0 Å². The molecule has 162 valence electrons. The molecular weight excluding hydrogens is 444 g/mol. The molecule has 0 saturated carbocycles. The van der Waals surface area contributed by atoms with Gasteiger partial charge in [-0.15, -0.1) is 0 Å². The molecule has 0 fully saturated rings. The maximum absolute atomic E-state index is 7.20. The Labute approximate surface area is 196 Å². The molecule has 2 heteroatoms. The van der Waals surface area contributed by atoms with Gasteiger partial charge in [0.1, 0.15) is 5.60 Å². The van der Waals surface area contributed by atoms with E-state index in [0.29, 0.717) is 0 Å². The van der Waals surface area contributed by atoms with E-state index in [1.165, 1.54) is 6.42 Å². The summed E-state index contributed by atoms with van der Waals surface area (Å²) in [6.07, 6.45) is 5.36. The van der Waals surface area contributed by atoms with Crippen LogP contribution in [0.4, 0.5) is 0 Å². The number of rotatable bonds is 10. The second kappa shape index (κ2) is 10.9. The molecule has 0 spiro atoms. The van der Waals surface area contributed by atoms with Gasteiger partial charge in [0, 0.05) is 0 Å². The van der Waals surface area contributed by atoms with E-state index >= 15 is 0 Å². The number of hydrogen-bond acceptors (Lipinski definition) is 1. The first-order chi connectivity index (χ1) is 15.0. The van der Waals surface area contributed by atoms with Gasteiger partial charge in [0.15, 0.2) is 0 Å². The van der Waals surface area contributed by atoms with Crippen LogP contribution < -0.4 is 0 Å². The fourth-order valence-electron chi connectivity index (χ4n) is 4.50. The van der Waals surface area contributed by atoms with Gasteiger partial charge in [0.2, 0.25) is 0 Å². The molecule has 1 atom stereocenters. The average Bonchev–Trinajstić information content (AvgIpc) is 2.79. The zero-order valence-corrected chi connectivity index (χ0v) is 20.4. The van der Waals surface area contributed by atoms with Crippen LogP contribution in [0.1, 0.15) is 56.7 Å². The number of hydrogen-bond donors (Lipinski definition) is 0. The molecule has 0 aromatic heterocycles. The lowest BCUT2D eigenvalue weighted by molar-refractivity contribution is -0.0421. The first kappa shape index (κ1) is 23.5. The molecule has 0 saturated heterocycles. The summed E-state index contributed by atoms with van der Waals surface area (Å²) in [5.41, 5.74) is 2.88. The minimum atomic E-state index is -0.705. The van der Waals surface area contributed by atoms with Crippen molar-refractivity contribution in [3.8, 4) is 0 Å². The van der Waals surface area contributed by atoms with Crippen LogP contribution >= 0.6 is 15.9 Å². The van der Waals surface area contributed by atoms with Crippen LogP contribution in [0.3, 0.4) is 0 Å². The van der Waals surface area contributed by atoms with Crippen molar-refractivity contribution >= 4 is 15.9 Å². The molecule has 0 N–H and O–H groups in total. The Morgan fingerprint density at radius 1 is 0.774 bits per heavy atom. The Kier molecular flexibility index (Phi) is 8.28. The Morgan fingerprint density at radius 3 is 1.55 bits per heavy atom. The van der Waals surface area contributed by atoms with Crippen LogP contribution in [0, 0.1) is 5.41 Å². The highest BCUT2D eigenvalue weighted by Crippen LogP contribution is 2.43. The van der Waals surface area contributed by atoms with Crippen molar-refractivity contribution in [1.29, 1.82) is 0 Å². The van der Waals surface area contributed by atoms with Crippen molar-refractivity contribution < 1.29 is 4.74 Å². The number of halogens is 1. The molecule has 31 heavy (non-hydrogen) atoms. The van der Waals surface area contributed by atoms with Crippen molar-refractivity contribution in [3.05, 3.63) is 119 Å². The Balaban J connectivity index is 2.19. The lowest BCUT2D eigenvalue weighted by Gasteiger charge is -2.40. The van der Waals surface area contributed by atoms with Crippen LogP contribution in [-0.4, -0.2) is 6.10 Å². The van der Waals surface area contributed by atoms with Crippen molar-refractivity contribution in [1.82, 2.24) is 0 Å². The molecule has 3 aromatic rings. The normalized spacial score (nSPS) is 13.4. The molecular formula is C29H33BrO. The molecule has 0 amide bonds. The van der Waals surface area contributed by atoms with Crippen molar-refractivity contribution in [2.24, 2.45) is 5.41 Å². The smallest absolute Gasteiger partial charge is 0.144 e. The molecule has 0 radical (unpaired) electrons. The van der Waals surface area contributed by atoms with Gasteiger partial charge in [-0.25, -0.2) is 0 Å². The third kappa shape index (κ3) is 5.75. The van der Waals surface area contributed by atoms with Gasteiger partial charge in [0.05, 0.1) is 6.10 Å². The first-order valence-electron chi connectivity index (χ1n) is 11.1. The van der Waals surface area contributed by atoms with Crippen molar-refractivity contribution in [2.45, 2.75) is 51.7 Å². The van der Waals surface area contributed by atoms with Gasteiger partial charge < -0.3 is 4.74 Å². The summed E-state index contributed by atoms with van der Waals surface area (Å²) < 4.78 is 7.20. The van der Waals surface area contributed by atoms with E-state index in [1.54, 1.807) is 0 Å². The van der Waals surface area contributed by atoms with Crippen LogP contribution in [-0.2, 0) is 10.3 Å². The second-order valence-electron chi connectivity index (χ2n) is 8.87. The average molecular weight is 477 g/mol. The van der Waals surface area contributed by atoms with E-state index < -0.39 is 5.60 Å². The maximum Gasteiger partial charge on any atom is 0.144 e. The predicted molar refractivity (Wildman–Crippen MR) is 135 cm³/mol. The maximum atomic E-state index is 7.20. The molecule has 0 aliphatic rings. The van der Waals surface area contributed by atoms with E-state index in [9.17, 15) is 0 Å². The minimum absolute atomic E-state index is 0.0541. The predicted octanol–water partition coefficient (Wildman–Crippen LogP) is 8.49. The standard InChI is InChI=1S/C29H33BrO/c1-4-21-28(2,3)23-27(20-22-30)31-29(24-14-8-5-9-15-24,25-16-10-6-11-17-25)26-18-12-7-13-19-26/h5-20,22,27H,4,21,23H2,1-3H3/b22-20+. The van der Waals surface area contributed by atoms with Gasteiger partial charge >= 0.3 is 0 Å². The van der Waals surface area contributed by atoms with Gasteiger partial charge in [-0.3, -0.25) is 0 Å². The fraction of sp³-hybridized carbons (Fsp3) is 0.310. The Hall–Kier alpha value is -2.16. The summed E-state index contributed by atoms with van der Waals surface area (Å²) in [6, 6.07) is 31.8. The largest absolute Gasteiger partial charge is 0.353 e. The van der Waals surface area contributed by atoms with E-state index in [-0.39, 0.29) is 11.5 Å². The Morgan fingerprint density at radius 2 is 1.19 bits per heavy atom. The van der Waals surface area contributed by atoms with Crippen LogP contribution in [0.15, 0.2) is 102 Å². The summed E-state index contributed by atoms with van der Waals surface area (Å²) >= 11 is 3.51. The third-order valence-corrected chi connectivity index (χ3v) is 6.14. The molecule has 0 bridgehead atoms. The summed E-state index contributed by atoms with van der Waals surface area (Å²) in [5.74, 6) is 0. The van der Waals surface area contributed by atoms with E-state index in [1.807, 2.05) is 4.99 Å². The topological polar surface area (TPSA) is 9.23 Å². The van der Waals surface area contributed by atoms with Crippen molar-refractivity contribution in [2.75, 3.05) is 0 Å². The van der Waals surface area contributed by atoms with Gasteiger partial charge in [-0.1, -0.05) is 134 Å². The first-order valence-corrected chi connectivity index (χ1v) is 12.0. The summed E-state index contributed by atoms with van der Waals surface area (Å²) in [7, 11) is 0. The fourth-order valence-corrected chi connectivity index (χ4v) is 4.84. The van der Waals surface area contributed by atoms with E-state index in [2.05, 4.69) is 134 Å². The lowest BCUT2D eigenvalue weighted by Crippen LogP contribution is -2.38. The molecule has 3 rings (SSSR count). The SMILES string of the molecule is CCCC(C)(C)CC(/C=C/Br)OC(c1ccccc1)(c1ccccc1)c1ccccc1. The zero-order valence-electron chi connectivity index (χ0n) is 18.8. The second-order valence-corrected chi connectivity index (χ2v) is 9.40. The van der Waals surface area contributed by atoms with Crippen LogP contribution in [0.2, 0.25) is 0 Å². The van der Waals surface area contributed by atoms with Crippen LogP contribution in [0.5, 0.6) is 0 Å². The number of benzene rings is 3. The third-order valence-electron chi connectivity index (χ3n) is 5.84. The monoisotopic (exact) mass is 476 g/mol. The highest BCUT2D eigenvalue weighted by atomic mass is 79.9. The molecule has 0 heterocycles. The summed E-state index contributed by atoms with van der Waals surface area (Å²) in [6.45, 7) is 6.93. The highest BCUT2D eigenvalue weighted by Gasteiger charge is 2.40. The molecule has 0 aliphatic heterocycles. The van der Waals surface area contributed by atoms with Gasteiger partial charge in [-0.05, 0) is 46.0 Å². The summed E-state index contributed by atoms with van der Waals surface area (Å²) in [5, 5.41) is 0.